The molecule has 3 saturated heterocycles. The first-order valence-electron chi connectivity index (χ1n) is 12.2. The van der Waals surface area contributed by atoms with Crippen LogP contribution in [0.25, 0.3) is 0 Å². The molecule has 0 radical (unpaired) electrons. The van der Waals surface area contributed by atoms with E-state index in [2.05, 4.69) is 22.5 Å². The Labute approximate surface area is 208 Å². The van der Waals surface area contributed by atoms with E-state index < -0.39 is 17.4 Å². The number of nitrogens with zero attached hydrogens (tertiary/aromatic N) is 6. The SMILES string of the molecule is C=CC(=O)N1CCN(C2CN(c3cc(N4CCC5(C=CCO5)CC4)nc(C(F)(F)F)c3C#N)C2)CC1. The maximum Gasteiger partial charge on any atom is 0.434 e. The predicted molar refractivity (Wildman–Crippen MR) is 128 cm³/mol. The number of amides is 1. The molecule has 0 saturated carbocycles. The Hall–Kier alpha value is -3.10. The summed E-state index contributed by atoms with van der Waals surface area (Å²) in [6.07, 6.45) is 1.96. The van der Waals surface area contributed by atoms with Gasteiger partial charge in [0.15, 0.2) is 5.69 Å². The number of piperidine rings is 1. The molecular weight excluding hydrogens is 473 g/mol. The van der Waals surface area contributed by atoms with Crippen LogP contribution in [-0.2, 0) is 15.7 Å². The third-order valence-electron chi connectivity index (χ3n) is 7.71. The number of ether oxygens (including phenoxy) is 1. The summed E-state index contributed by atoms with van der Waals surface area (Å²) in [5.74, 6) is 0.153. The van der Waals surface area contributed by atoms with Gasteiger partial charge in [0.05, 0.1) is 17.9 Å². The van der Waals surface area contributed by atoms with Crippen molar-refractivity contribution in [3.63, 3.8) is 0 Å². The third kappa shape index (κ3) is 4.55. The zero-order valence-electron chi connectivity index (χ0n) is 20.0. The van der Waals surface area contributed by atoms with Gasteiger partial charge < -0.3 is 19.4 Å². The Kier molecular flexibility index (Phi) is 6.43. The van der Waals surface area contributed by atoms with Crippen LogP contribution in [-0.4, -0.2) is 91.3 Å². The second kappa shape index (κ2) is 9.41. The average molecular weight is 503 g/mol. The molecule has 5 heterocycles. The number of pyridine rings is 1. The van der Waals surface area contributed by atoms with Gasteiger partial charge in [0, 0.05) is 64.5 Å². The molecule has 4 aliphatic heterocycles. The Bertz CT molecular complexity index is 1090. The van der Waals surface area contributed by atoms with E-state index in [0.29, 0.717) is 71.8 Å². The fourth-order valence-corrected chi connectivity index (χ4v) is 5.52. The minimum Gasteiger partial charge on any atom is -0.367 e. The maximum absolute atomic E-state index is 14.0. The van der Waals surface area contributed by atoms with Crippen LogP contribution in [0.3, 0.4) is 0 Å². The number of alkyl halides is 3. The van der Waals surface area contributed by atoms with Gasteiger partial charge in [-0.15, -0.1) is 0 Å². The van der Waals surface area contributed by atoms with Gasteiger partial charge >= 0.3 is 6.18 Å². The lowest BCUT2D eigenvalue weighted by Gasteiger charge is -2.49. The van der Waals surface area contributed by atoms with Crippen LogP contribution < -0.4 is 9.80 Å². The molecule has 0 aliphatic carbocycles. The van der Waals surface area contributed by atoms with Crippen molar-refractivity contribution in [1.82, 2.24) is 14.8 Å². The molecule has 0 aromatic carbocycles. The molecule has 192 valence electrons. The smallest absolute Gasteiger partial charge is 0.367 e. The predicted octanol–water partition coefficient (Wildman–Crippen LogP) is 2.42. The largest absolute Gasteiger partial charge is 0.434 e. The van der Waals surface area contributed by atoms with Crippen LogP contribution in [0, 0.1) is 11.3 Å². The number of carbonyl (C=O) groups excluding carboxylic acids is 1. The van der Waals surface area contributed by atoms with Gasteiger partial charge in [-0.25, -0.2) is 4.98 Å². The fraction of sp³-hybridized carbons (Fsp3) is 0.560. The highest BCUT2D eigenvalue weighted by Gasteiger charge is 2.42. The van der Waals surface area contributed by atoms with Crippen molar-refractivity contribution in [2.75, 3.05) is 68.8 Å². The van der Waals surface area contributed by atoms with Gasteiger partial charge in [-0.1, -0.05) is 18.7 Å². The second-order valence-electron chi connectivity index (χ2n) is 9.72. The summed E-state index contributed by atoms with van der Waals surface area (Å²) in [6, 6.07) is 3.56. The summed E-state index contributed by atoms with van der Waals surface area (Å²) >= 11 is 0. The van der Waals surface area contributed by atoms with Crippen LogP contribution in [0.2, 0.25) is 0 Å². The fourth-order valence-electron chi connectivity index (χ4n) is 5.52. The second-order valence-corrected chi connectivity index (χ2v) is 9.72. The van der Waals surface area contributed by atoms with E-state index >= 15 is 0 Å². The minimum absolute atomic E-state index is 0.0910. The lowest BCUT2D eigenvalue weighted by molar-refractivity contribution is -0.141. The summed E-state index contributed by atoms with van der Waals surface area (Å²) in [7, 11) is 0. The highest BCUT2D eigenvalue weighted by Crippen LogP contribution is 2.40. The molecule has 1 aromatic heterocycles. The first-order valence-corrected chi connectivity index (χ1v) is 12.2. The average Bonchev–Trinajstić information content (AvgIpc) is 3.30. The van der Waals surface area contributed by atoms with E-state index in [-0.39, 0.29) is 29.1 Å². The highest BCUT2D eigenvalue weighted by atomic mass is 19.4. The minimum atomic E-state index is -4.73. The molecule has 36 heavy (non-hydrogen) atoms. The number of aromatic nitrogens is 1. The Morgan fingerprint density at radius 3 is 2.42 bits per heavy atom. The lowest BCUT2D eigenvalue weighted by Crippen LogP contribution is -2.63. The Morgan fingerprint density at radius 2 is 1.86 bits per heavy atom. The van der Waals surface area contributed by atoms with Crippen LogP contribution in [0.4, 0.5) is 24.7 Å². The van der Waals surface area contributed by atoms with Crippen LogP contribution in [0.15, 0.2) is 30.9 Å². The van der Waals surface area contributed by atoms with Crippen molar-refractivity contribution in [1.29, 1.82) is 5.26 Å². The van der Waals surface area contributed by atoms with E-state index in [0.717, 1.165) is 0 Å². The first kappa shape index (κ1) is 24.6. The van der Waals surface area contributed by atoms with Crippen molar-refractivity contribution in [2.45, 2.75) is 30.7 Å². The quantitative estimate of drug-likeness (QED) is 0.462. The first-order chi connectivity index (χ1) is 17.2. The number of hydrogen-bond acceptors (Lipinski definition) is 7. The molecule has 4 aliphatic rings. The molecule has 8 nitrogen and oxygen atoms in total. The van der Waals surface area contributed by atoms with Crippen LogP contribution in [0.5, 0.6) is 0 Å². The molecule has 3 fully saturated rings. The van der Waals surface area contributed by atoms with Crippen molar-refractivity contribution in [3.05, 3.63) is 42.1 Å². The molecule has 0 N–H and O–H groups in total. The van der Waals surface area contributed by atoms with E-state index in [4.69, 9.17) is 4.74 Å². The highest BCUT2D eigenvalue weighted by molar-refractivity contribution is 5.87. The number of rotatable bonds is 4. The van der Waals surface area contributed by atoms with Gasteiger partial charge in [0.1, 0.15) is 17.5 Å². The van der Waals surface area contributed by atoms with E-state index in [1.165, 1.54) is 6.08 Å². The molecule has 11 heteroatoms. The molecule has 5 rings (SSSR count). The molecule has 0 bridgehead atoms. The molecule has 1 spiro atoms. The summed E-state index contributed by atoms with van der Waals surface area (Å²) in [4.78, 5) is 23.4. The number of halogens is 3. The van der Waals surface area contributed by atoms with Crippen molar-refractivity contribution >= 4 is 17.4 Å². The summed E-state index contributed by atoms with van der Waals surface area (Å²) in [6.45, 7) is 8.76. The lowest BCUT2D eigenvalue weighted by atomic mass is 9.91. The number of piperazine rings is 1. The number of nitriles is 1. The van der Waals surface area contributed by atoms with Gasteiger partial charge in [0.25, 0.3) is 0 Å². The number of carbonyl (C=O) groups is 1. The Morgan fingerprint density at radius 1 is 1.17 bits per heavy atom. The molecule has 0 atom stereocenters. The Balaban J connectivity index is 1.33. The monoisotopic (exact) mass is 502 g/mol. The zero-order valence-corrected chi connectivity index (χ0v) is 20.0. The van der Waals surface area contributed by atoms with Crippen molar-refractivity contribution in [2.24, 2.45) is 0 Å². The van der Waals surface area contributed by atoms with E-state index in [9.17, 15) is 23.2 Å². The van der Waals surface area contributed by atoms with Crippen molar-refractivity contribution in [3.8, 4) is 6.07 Å². The van der Waals surface area contributed by atoms with Gasteiger partial charge in [-0.05, 0) is 18.9 Å². The third-order valence-corrected chi connectivity index (χ3v) is 7.71. The summed E-state index contributed by atoms with van der Waals surface area (Å²) in [5.41, 5.74) is -1.61. The van der Waals surface area contributed by atoms with Crippen LogP contribution >= 0.6 is 0 Å². The topological polar surface area (TPSA) is 75.9 Å². The van der Waals surface area contributed by atoms with Crippen molar-refractivity contribution < 1.29 is 22.7 Å². The molecule has 1 aromatic rings. The normalized spacial score (nSPS) is 22.6. The zero-order chi connectivity index (χ0) is 25.5. The summed E-state index contributed by atoms with van der Waals surface area (Å²) < 4.78 is 47.7. The number of anilines is 2. The van der Waals surface area contributed by atoms with Gasteiger partial charge in [-0.2, -0.15) is 18.4 Å². The van der Waals surface area contributed by atoms with Gasteiger partial charge in [-0.3, -0.25) is 9.69 Å². The summed E-state index contributed by atoms with van der Waals surface area (Å²) in [5, 5.41) is 9.68. The number of hydrogen-bond donors (Lipinski definition) is 0. The molecule has 0 unspecified atom stereocenters. The van der Waals surface area contributed by atoms with E-state index in [1.54, 1.807) is 17.0 Å². The van der Waals surface area contributed by atoms with Gasteiger partial charge in [0.2, 0.25) is 5.91 Å². The molecular formula is C25H29F3N6O2. The van der Waals surface area contributed by atoms with E-state index in [1.807, 2.05) is 15.9 Å². The van der Waals surface area contributed by atoms with Crippen LogP contribution in [0.1, 0.15) is 24.1 Å². The molecule has 1 amide bonds. The standard InChI is InChI=1S/C25H29F3N6O2/c1-2-22(35)33-11-9-31(10-12-33)18-16-34(17-18)20-14-21(30-23(19(20)15-29)25(26,27)28)32-7-5-24(6-8-32)4-3-13-36-24/h2-4,14,18H,1,5-13,16-17H2. The maximum atomic E-state index is 14.0.